The Kier molecular flexibility index (Phi) is 5.82. The Morgan fingerprint density at radius 3 is 2.30 bits per heavy atom. The average Bonchev–Trinajstić information content (AvgIpc) is 2.53. The molecule has 0 aromatic heterocycles. The summed E-state index contributed by atoms with van der Waals surface area (Å²) in [5.74, 6) is 0.891. The fourth-order valence-corrected chi connectivity index (χ4v) is 2.76. The monoisotopic (exact) mass is 307 g/mol. The van der Waals surface area contributed by atoms with Gasteiger partial charge in [0.15, 0.2) is 0 Å². The van der Waals surface area contributed by atoms with E-state index in [4.69, 9.17) is 4.74 Å². The summed E-state index contributed by atoms with van der Waals surface area (Å²) in [5, 5.41) is 9.50. The maximum Gasteiger partial charge on any atom is 0.122 e. The lowest BCUT2D eigenvalue weighted by Crippen LogP contribution is -2.04. The molecular weight excluding hydrogens is 282 g/mol. The molecule has 2 rings (SSSR count). The Labute approximate surface area is 139 Å². The number of rotatable bonds is 6. The molecule has 0 aliphatic heterocycles. The summed E-state index contributed by atoms with van der Waals surface area (Å²) >= 11 is 0. The topological polar surface area (TPSA) is 33.0 Å². The van der Waals surface area contributed by atoms with Gasteiger partial charge in [0.25, 0.3) is 0 Å². The van der Waals surface area contributed by atoms with Crippen LogP contribution in [0.25, 0.3) is 0 Å². The highest BCUT2D eigenvalue weighted by atomic mass is 16.5. The van der Waals surface area contributed by atoms with Crippen molar-refractivity contribution < 1.29 is 4.74 Å². The first-order valence-corrected chi connectivity index (χ1v) is 8.18. The standard InChI is InChI=1S/C21H25NO/c1-15-7-9-17(3)20(12-15)19(14-22)6-5-11-23-21-13-16(2)8-10-18(21)4/h7-10,12-13,19H,5-6,11H2,1-4H3. The Hall–Kier alpha value is -2.27. The van der Waals surface area contributed by atoms with Crippen molar-refractivity contribution >= 4 is 0 Å². The molecule has 2 heteroatoms. The van der Waals surface area contributed by atoms with Crippen LogP contribution in [0.4, 0.5) is 0 Å². The SMILES string of the molecule is Cc1ccc(C)c(OCCCC(C#N)c2cc(C)ccc2C)c1. The minimum absolute atomic E-state index is 0.0582. The molecule has 0 aliphatic rings. The molecule has 0 amide bonds. The molecule has 23 heavy (non-hydrogen) atoms. The predicted molar refractivity (Wildman–Crippen MR) is 94.9 cm³/mol. The van der Waals surface area contributed by atoms with Gasteiger partial charge in [-0.2, -0.15) is 5.26 Å². The van der Waals surface area contributed by atoms with E-state index in [9.17, 15) is 5.26 Å². The molecule has 0 bridgehead atoms. The molecule has 0 radical (unpaired) electrons. The molecule has 0 heterocycles. The lowest BCUT2D eigenvalue weighted by atomic mass is 9.91. The second-order valence-corrected chi connectivity index (χ2v) is 6.30. The second kappa shape index (κ2) is 7.83. The number of aryl methyl sites for hydroxylation is 4. The van der Waals surface area contributed by atoms with Crippen molar-refractivity contribution in [2.75, 3.05) is 6.61 Å². The third-order valence-electron chi connectivity index (χ3n) is 4.20. The van der Waals surface area contributed by atoms with E-state index in [1.165, 1.54) is 16.7 Å². The van der Waals surface area contributed by atoms with Crippen molar-refractivity contribution in [2.45, 2.75) is 46.5 Å². The summed E-state index contributed by atoms with van der Waals surface area (Å²) in [6.45, 7) is 8.92. The summed E-state index contributed by atoms with van der Waals surface area (Å²) in [6.07, 6.45) is 1.70. The van der Waals surface area contributed by atoms with Crippen LogP contribution < -0.4 is 4.74 Å². The summed E-state index contributed by atoms with van der Waals surface area (Å²) < 4.78 is 5.89. The molecule has 1 unspecified atom stereocenters. The van der Waals surface area contributed by atoms with Crippen molar-refractivity contribution in [3.05, 3.63) is 64.2 Å². The largest absolute Gasteiger partial charge is 0.493 e. The molecule has 0 saturated carbocycles. The van der Waals surface area contributed by atoms with Crippen molar-refractivity contribution in [3.63, 3.8) is 0 Å². The zero-order chi connectivity index (χ0) is 16.8. The Balaban J connectivity index is 1.93. The molecule has 120 valence electrons. The first-order valence-electron chi connectivity index (χ1n) is 8.18. The maximum absolute atomic E-state index is 9.50. The normalized spacial score (nSPS) is 11.8. The van der Waals surface area contributed by atoms with E-state index in [-0.39, 0.29) is 5.92 Å². The van der Waals surface area contributed by atoms with Crippen LogP contribution in [0.3, 0.4) is 0 Å². The minimum atomic E-state index is -0.0582. The predicted octanol–water partition coefficient (Wildman–Crippen LogP) is 5.39. The second-order valence-electron chi connectivity index (χ2n) is 6.30. The van der Waals surface area contributed by atoms with E-state index in [0.29, 0.717) is 6.61 Å². The highest BCUT2D eigenvalue weighted by Gasteiger charge is 2.13. The lowest BCUT2D eigenvalue weighted by molar-refractivity contribution is 0.303. The van der Waals surface area contributed by atoms with Gasteiger partial charge in [0.2, 0.25) is 0 Å². The van der Waals surface area contributed by atoms with Crippen molar-refractivity contribution in [1.29, 1.82) is 5.26 Å². The Morgan fingerprint density at radius 1 is 0.957 bits per heavy atom. The molecule has 0 spiro atoms. The van der Waals surface area contributed by atoms with Gasteiger partial charge < -0.3 is 4.74 Å². The van der Waals surface area contributed by atoms with E-state index >= 15 is 0 Å². The Bertz CT molecular complexity index is 712. The first kappa shape index (κ1) is 17.1. The highest BCUT2D eigenvalue weighted by Crippen LogP contribution is 2.25. The van der Waals surface area contributed by atoms with Crippen LogP contribution in [0.1, 0.15) is 46.6 Å². The third-order valence-corrected chi connectivity index (χ3v) is 4.20. The van der Waals surface area contributed by atoms with Gasteiger partial charge in [-0.25, -0.2) is 0 Å². The van der Waals surface area contributed by atoms with Crippen LogP contribution in [-0.4, -0.2) is 6.61 Å². The number of ether oxygens (including phenoxy) is 1. The van der Waals surface area contributed by atoms with Gasteiger partial charge in [-0.3, -0.25) is 0 Å². The molecule has 0 saturated heterocycles. The number of hydrogen-bond donors (Lipinski definition) is 0. The van der Waals surface area contributed by atoms with Gasteiger partial charge in [0.1, 0.15) is 5.75 Å². The number of nitriles is 1. The molecule has 1 atom stereocenters. The molecule has 2 aromatic carbocycles. The van der Waals surface area contributed by atoms with Gasteiger partial charge >= 0.3 is 0 Å². The van der Waals surface area contributed by atoms with E-state index in [1.54, 1.807) is 0 Å². The van der Waals surface area contributed by atoms with Crippen LogP contribution in [-0.2, 0) is 0 Å². The van der Waals surface area contributed by atoms with Crippen LogP contribution >= 0.6 is 0 Å². The zero-order valence-electron chi connectivity index (χ0n) is 14.5. The summed E-state index contributed by atoms with van der Waals surface area (Å²) in [6, 6.07) is 15.0. The molecule has 0 aliphatic carbocycles. The molecular formula is C21H25NO. The third kappa shape index (κ3) is 4.60. The summed E-state index contributed by atoms with van der Waals surface area (Å²) in [4.78, 5) is 0. The quantitative estimate of drug-likeness (QED) is 0.671. The average molecular weight is 307 g/mol. The maximum atomic E-state index is 9.50. The smallest absolute Gasteiger partial charge is 0.122 e. The number of benzene rings is 2. The van der Waals surface area contributed by atoms with E-state index in [0.717, 1.165) is 29.7 Å². The zero-order valence-corrected chi connectivity index (χ0v) is 14.5. The van der Waals surface area contributed by atoms with Crippen LogP contribution in [0, 0.1) is 39.0 Å². The first-order chi connectivity index (χ1) is 11.0. The summed E-state index contributed by atoms with van der Waals surface area (Å²) in [7, 11) is 0. The molecule has 0 N–H and O–H groups in total. The minimum Gasteiger partial charge on any atom is -0.493 e. The van der Waals surface area contributed by atoms with Gasteiger partial charge in [-0.05, 0) is 68.9 Å². The summed E-state index contributed by atoms with van der Waals surface area (Å²) in [5.41, 5.74) is 5.91. The van der Waals surface area contributed by atoms with E-state index in [2.05, 4.69) is 70.2 Å². The van der Waals surface area contributed by atoms with E-state index < -0.39 is 0 Å². The van der Waals surface area contributed by atoms with Gasteiger partial charge in [0.05, 0.1) is 18.6 Å². The molecule has 2 aromatic rings. The highest BCUT2D eigenvalue weighted by molar-refractivity contribution is 5.37. The number of hydrogen-bond acceptors (Lipinski definition) is 2. The van der Waals surface area contributed by atoms with E-state index in [1.807, 2.05) is 0 Å². The van der Waals surface area contributed by atoms with Crippen LogP contribution in [0.15, 0.2) is 36.4 Å². The van der Waals surface area contributed by atoms with Gasteiger partial charge in [-0.15, -0.1) is 0 Å². The lowest BCUT2D eigenvalue weighted by Gasteiger charge is -2.14. The fourth-order valence-electron chi connectivity index (χ4n) is 2.76. The van der Waals surface area contributed by atoms with Crippen LogP contribution in [0.2, 0.25) is 0 Å². The molecule has 0 fully saturated rings. The van der Waals surface area contributed by atoms with Gasteiger partial charge in [0, 0.05) is 0 Å². The Morgan fingerprint density at radius 2 is 1.61 bits per heavy atom. The van der Waals surface area contributed by atoms with Crippen molar-refractivity contribution in [1.82, 2.24) is 0 Å². The number of nitrogens with zero attached hydrogens (tertiary/aromatic N) is 1. The van der Waals surface area contributed by atoms with Crippen molar-refractivity contribution in [2.24, 2.45) is 0 Å². The fraction of sp³-hybridized carbons (Fsp3) is 0.381. The molecule has 2 nitrogen and oxygen atoms in total. The van der Waals surface area contributed by atoms with Crippen LogP contribution in [0.5, 0.6) is 5.75 Å². The van der Waals surface area contributed by atoms with Crippen molar-refractivity contribution in [3.8, 4) is 11.8 Å². The van der Waals surface area contributed by atoms with Gasteiger partial charge in [-0.1, -0.05) is 35.9 Å².